The number of nitrogens with zero attached hydrogens (tertiary/aromatic N) is 3. The molecule has 2 aliphatic rings. The van der Waals surface area contributed by atoms with E-state index in [0.717, 1.165) is 30.8 Å². The molecule has 0 spiro atoms. The SMILES string of the molecule is CN(CC(=O)N1C[C@@H]2CNC[C@@H]2[C@@H]1c1cccc(F)c1)Cc1ccncc1.Cl.Cl. The minimum atomic E-state index is -0.246. The van der Waals surface area contributed by atoms with Gasteiger partial charge in [0.1, 0.15) is 5.82 Å². The van der Waals surface area contributed by atoms with E-state index in [2.05, 4.69) is 10.3 Å². The van der Waals surface area contributed by atoms with Crippen LogP contribution >= 0.6 is 24.8 Å². The van der Waals surface area contributed by atoms with E-state index < -0.39 is 0 Å². The lowest BCUT2D eigenvalue weighted by atomic mass is 9.89. The van der Waals surface area contributed by atoms with Crippen LogP contribution in [0, 0.1) is 17.7 Å². The highest BCUT2D eigenvalue weighted by Crippen LogP contribution is 2.42. The molecule has 2 aliphatic heterocycles. The third-order valence-corrected chi connectivity index (χ3v) is 5.68. The topological polar surface area (TPSA) is 48.5 Å². The first-order valence-electron chi connectivity index (χ1n) is 9.45. The van der Waals surface area contributed by atoms with E-state index in [-0.39, 0.29) is 42.6 Å². The molecule has 3 atom stereocenters. The van der Waals surface area contributed by atoms with Crippen molar-refractivity contribution in [1.29, 1.82) is 0 Å². The highest BCUT2D eigenvalue weighted by Gasteiger charge is 2.46. The molecular weight excluding hydrogens is 414 g/mol. The number of pyridine rings is 1. The Kier molecular flexibility index (Phi) is 8.40. The molecule has 0 unspecified atom stereocenters. The second-order valence-corrected chi connectivity index (χ2v) is 7.66. The Hall–Kier alpha value is -1.73. The highest BCUT2D eigenvalue weighted by molar-refractivity contribution is 5.85. The standard InChI is InChI=1S/C21H25FN4O.2ClH/c1-25(12-15-5-7-23-8-6-15)14-20(27)26-13-17-10-24-11-19(17)21(26)16-3-2-4-18(22)9-16;;/h2-9,17,19,21,24H,10-14H2,1H3;2*1H/t17-,19-,21-;;/m0../s1. The Balaban J connectivity index is 0.00000150. The number of benzene rings is 1. The molecule has 3 heterocycles. The number of halogens is 3. The molecule has 0 saturated carbocycles. The maximum absolute atomic E-state index is 13.8. The van der Waals surface area contributed by atoms with Crippen molar-refractivity contribution in [1.82, 2.24) is 20.1 Å². The van der Waals surface area contributed by atoms with Crippen LogP contribution in [0.15, 0.2) is 48.8 Å². The second kappa shape index (κ2) is 10.3. The van der Waals surface area contributed by atoms with Crippen molar-refractivity contribution in [3.8, 4) is 0 Å². The van der Waals surface area contributed by atoms with Crippen LogP contribution in [0.3, 0.4) is 0 Å². The highest BCUT2D eigenvalue weighted by atomic mass is 35.5. The van der Waals surface area contributed by atoms with Crippen molar-refractivity contribution in [3.63, 3.8) is 0 Å². The van der Waals surface area contributed by atoms with Gasteiger partial charge in [0.2, 0.25) is 5.91 Å². The van der Waals surface area contributed by atoms with Crippen LogP contribution in [0.4, 0.5) is 4.39 Å². The van der Waals surface area contributed by atoms with Crippen molar-refractivity contribution in [2.24, 2.45) is 11.8 Å². The first kappa shape index (κ1) is 23.5. The Labute approximate surface area is 183 Å². The summed E-state index contributed by atoms with van der Waals surface area (Å²) in [4.78, 5) is 21.1. The summed E-state index contributed by atoms with van der Waals surface area (Å²) in [6.07, 6.45) is 3.53. The monoisotopic (exact) mass is 440 g/mol. The summed E-state index contributed by atoms with van der Waals surface area (Å²) < 4.78 is 13.8. The summed E-state index contributed by atoms with van der Waals surface area (Å²) in [6.45, 7) is 3.58. The predicted octanol–water partition coefficient (Wildman–Crippen LogP) is 2.92. The van der Waals surface area contributed by atoms with Crippen LogP contribution in [0.2, 0.25) is 0 Å². The van der Waals surface area contributed by atoms with Crippen molar-refractivity contribution in [2.75, 3.05) is 33.2 Å². The van der Waals surface area contributed by atoms with Gasteiger partial charge in [0.15, 0.2) is 0 Å². The molecule has 2 saturated heterocycles. The molecule has 0 radical (unpaired) electrons. The first-order valence-corrected chi connectivity index (χ1v) is 9.45. The zero-order valence-corrected chi connectivity index (χ0v) is 18.0. The smallest absolute Gasteiger partial charge is 0.237 e. The van der Waals surface area contributed by atoms with Crippen LogP contribution in [-0.2, 0) is 11.3 Å². The van der Waals surface area contributed by atoms with Crippen LogP contribution < -0.4 is 5.32 Å². The number of hydrogen-bond acceptors (Lipinski definition) is 4. The van der Waals surface area contributed by atoms with E-state index >= 15 is 0 Å². The summed E-state index contributed by atoms with van der Waals surface area (Å²) in [5.41, 5.74) is 2.03. The van der Waals surface area contributed by atoms with Gasteiger partial charge in [-0.3, -0.25) is 14.7 Å². The number of carbonyl (C=O) groups excluding carboxylic acids is 1. The summed E-state index contributed by atoms with van der Waals surface area (Å²) in [7, 11) is 1.95. The lowest BCUT2D eigenvalue weighted by molar-refractivity contribution is -0.133. The lowest BCUT2D eigenvalue weighted by Crippen LogP contribution is -2.40. The average molecular weight is 441 g/mol. The maximum Gasteiger partial charge on any atom is 0.237 e. The van der Waals surface area contributed by atoms with Gasteiger partial charge in [-0.2, -0.15) is 0 Å². The predicted molar refractivity (Wildman–Crippen MR) is 116 cm³/mol. The molecule has 2 aromatic rings. The molecule has 0 aliphatic carbocycles. The van der Waals surface area contributed by atoms with Crippen molar-refractivity contribution in [2.45, 2.75) is 12.6 Å². The van der Waals surface area contributed by atoms with Gasteiger partial charge in [0.05, 0.1) is 12.6 Å². The normalized spacial score (nSPS) is 22.7. The molecule has 1 amide bonds. The van der Waals surface area contributed by atoms with Gasteiger partial charge in [0.25, 0.3) is 0 Å². The Morgan fingerprint density at radius 1 is 1.24 bits per heavy atom. The molecule has 4 rings (SSSR count). The minimum Gasteiger partial charge on any atom is -0.334 e. The number of hydrogen-bond donors (Lipinski definition) is 1. The quantitative estimate of drug-likeness (QED) is 0.776. The fourth-order valence-corrected chi connectivity index (χ4v) is 4.47. The largest absolute Gasteiger partial charge is 0.334 e. The van der Waals surface area contributed by atoms with E-state index in [9.17, 15) is 9.18 Å². The summed E-state index contributed by atoms with van der Waals surface area (Å²) in [6, 6.07) is 10.6. The number of rotatable bonds is 5. The number of likely N-dealkylation sites (N-methyl/N-ethyl adjacent to an activating group) is 1. The maximum atomic E-state index is 13.8. The molecule has 2 fully saturated rings. The number of nitrogens with one attached hydrogen (secondary N) is 1. The Morgan fingerprint density at radius 2 is 2.00 bits per heavy atom. The average Bonchev–Trinajstić information content (AvgIpc) is 3.23. The van der Waals surface area contributed by atoms with Gasteiger partial charge >= 0.3 is 0 Å². The summed E-state index contributed by atoms with van der Waals surface area (Å²) >= 11 is 0. The summed E-state index contributed by atoms with van der Waals surface area (Å²) in [5.74, 6) is 0.647. The zero-order chi connectivity index (χ0) is 18.8. The number of likely N-dealkylation sites (tertiary alicyclic amines) is 1. The molecule has 1 aromatic heterocycles. The Bertz CT molecular complexity index is 810. The molecule has 1 aromatic carbocycles. The van der Waals surface area contributed by atoms with E-state index in [1.165, 1.54) is 6.07 Å². The van der Waals surface area contributed by atoms with Crippen molar-refractivity contribution >= 4 is 30.7 Å². The molecule has 158 valence electrons. The number of fused-ring (bicyclic) bond motifs is 1. The fourth-order valence-electron chi connectivity index (χ4n) is 4.47. The van der Waals surface area contributed by atoms with Gasteiger partial charge in [-0.15, -0.1) is 24.8 Å². The lowest BCUT2D eigenvalue weighted by Gasteiger charge is -2.30. The van der Waals surface area contributed by atoms with Crippen LogP contribution in [-0.4, -0.2) is 53.9 Å². The van der Waals surface area contributed by atoms with Gasteiger partial charge in [-0.1, -0.05) is 12.1 Å². The van der Waals surface area contributed by atoms with E-state index in [0.29, 0.717) is 24.9 Å². The van der Waals surface area contributed by atoms with Crippen LogP contribution in [0.1, 0.15) is 17.2 Å². The van der Waals surface area contributed by atoms with Gasteiger partial charge in [-0.25, -0.2) is 4.39 Å². The second-order valence-electron chi connectivity index (χ2n) is 7.66. The van der Waals surface area contributed by atoms with Crippen molar-refractivity contribution in [3.05, 3.63) is 65.7 Å². The third kappa shape index (κ3) is 5.25. The minimum absolute atomic E-state index is 0. The molecule has 8 heteroatoms. The zero-order valence-electron chi connectivity index (χ0n) is 16.3. The first-order chi connectivity index (χ1) is 13.1. The number of aromatic nitrogens is 1. The van der Waals surface area contributed by atoms with Gasteiger partial charge < -0.3 is 10.2 Å². The molecular formula is C21H27Cl2FN4O. The molecule has 1 N–H and O–H groups in total. The number of carbonyl (C=O) groups is 1. The van der Waals surface area contributed by atoms with Crippen LogP contribution in [0.25, 0.3) is 0 Å². The number of amides is 1. The third-order valence-electron chi connectivity index (χ3n) is 5.68. The molecule has 29 heavy (non-hydrogen) atoms. The van der Waals surface area contributed by atoms with E-state index in [1.54, 1.807) is 24.5 Å². The van der Waals surface area contributed by atoms with E-state index in [1.807, 2.05) is 35.0 Å². The molecule has 5 nitrogen and oxygen atoms in total. The van der Waals surface area contributed by atoms with E-state index in [4.69, 9.17) is 0 Å². The summed E-state index contributed by atoms with van der Waals surface area (Å²) in [5, 5.41) is 3.42. The Morgan fingerprint density at radius 3 is 2.72 bits per heavy atom. The molecule has 0 bridgehead atoms. The van der Waals surface area contributed by atoms with Gasteiger partial charge in [-0.05, 0) is 48.4 Å². The van der Waals surface area contributed by atoms with Crippen LogP contribution in [0.5, 0.6) is 0 Å². The fraction of sp³-hybridized carbons (Fsp3) is 0.429. The van der Waals surface area contributed by atoms with Crippen molar-refractivity contribution < 1.29 is 9.18 Å². The van der Waals surface area contributed by atoms with Gasteiger partial charge in [0, 0.05) is 44.5 Å².